The first-order chi connectivity index (χ1) is 12.7. The van der Waals surface area contributed by atoms with Crippen molar-refractivity contribution in [2.45, 2.75) is 19.3 Å². The van der Waals surface area contributed by atoms with Crippen molar-refractivity contribution >= 4 is 5.82 Å². The number of nitrogens with zero attached hydrogens (tertiary/aromatic N) is 4. The number of hydrogen-bond acceptors (Lipinski definition) is 6. The van der Waals surface area contributed by atoms with Crippen LogP contribution >= 0.6 is 0 Å². The van der Waals surface area contributed by atoms with Crippen LogP contribution in [0, 0.1) is 10.1 Å². The van der Waals surface area contributed by atoms with Gasteiger partial charge >= 0.3 is 11.8 Å². The zero-order valence-electron chi connectivity index (χ0n) is 13.8. The van der Waals surface area contributed by atoms with Crippen LogP contribution in [0.4, 0.5) is 5.82 Å². The molecule has 0 spiro atoms. The molecule has 4 rings (SSSR count). The highest BCUT2D eigenvalue weighted by Crippen LogP contribution is 2.23. The van der Waals surface area contributed by atoms with Gasteiger partial charge in [0.2, 0.25) is 0 Å². The van der Waals surface area contributed by atoms with Crippen molar-refractivity contribution in [2.75, 3.05) is 6.61 Å². The molecule has 1 aliphatic heterocycles. The Hall–Kier alpha value is -3.26. The van der Waals surface area contributed by atoms with Gasteiger partial charge in [0.1, 0.15) is 18.9 Å². The zero-order valence-corrected chi connectivity index (χ0v) is 13.8. The minimum Gasteiger partial charge on any atom is -0.443 e. The normalized spacial score (nSPS) is 15.9. The Labute approximate surface area is 149 Å². The molecule has 1 aliphatic rings. The lowest BCUT2D eigenvalue weighted by molar-refractivity contribution is -0.389. The summed E-state index contributed by atoms with van der Waals surface area (Å²) in [4.78, 5) is 18.4. The van der Waals surface area contributed by atoms with Crippen molar-refractivity contribution in [3.05, 3.63) is 70.5 Å². The molecule has 0 saturated heterocycles. The Morgan fingerprint density at radius 3 is 2.85 bits per heavy atom. The summed E-state index contributed by atoms with van der Waals surface area (Å²) >= 11 is 0. The first-order valence-corrected chi connectivity index (χ1v) is 8.15. The molecule has 8 nitrogen and oxygen atoms in total. The fourth-order valence-corrected chi connectivity index (χ4v) is 2.78. The molecule has 0 N–H and O–H groups in total. The molecule has 26 heavy (non-hydrogen) atoms. The first kappa shape index (κ1) is 16.2. The number of rotatable bonds is 5. The summed E-state index contributed by atoms with van der Waals surface area (Å²) < 4.78 is 12.9. The maximum atomic E-state index is 10.8. The third-order valence-corrected chi connectivity index (χ3v) is 4.11. The number of aromatic nitrogens is 3. The van der Waals surface area contributed by atoms with E-state index >= 15 is 0 Å². The highest BCUT2D eigenvalue weighted by Gasteiger charge is 2.28. The van der Waals surface area contributed by atoms with E-state index in [1.54, 1.807) is 10.8 Å². The first-order valence-electron chi connectivity index (χ1n) is 8.15. The molecular weight excluding hydrogens is 336 g/mol. The summed E-state index contributed by atoms with van der Waals surface area (Å²) in [5.41, 5.74) is 3.01. The zero-order chi connectivity index (χ0) is 17.9. The van der Waals surface area contributed by atoms with Gasteiger partial charge in [-0.05, 0) is 22.6 Å². The van der Waals surface area contributed by atoms with Gasteiger partial charge in [0.15, 0.2) is 0 Å². The molecule has 0 radical (unpaired) electrons. The van der Waals surface area contributed by atoms with Crippen molar-refractivity contribution in [1.29, 1.82) is 0 Å². The Morgan fingerprint density at radius 1 is 1.27 bits per heavy atom. The lowest BCUT2D eigenvalue weighted by Gasteiger charge is -2.22. The summed E-state index contributed by atoms with van der Waals surface area (Å²) in [6.45, 7) is 1.23. The molecule has 0 amide bonds. The van der Waals surface area contributed by atoms with E-state index in [2.05, 4.69) is 9.97 Å². The van der Waals surface area contributed by atoms with E-state index in [-0.39, 0.29) is 17.9 Å². The van der Waals surface area contributed by atoms with E-state index in [1.165, 1.54) is 6.20 Å². The van der Waals surface area contributed by atoms with Crippen molar-refractivity contribution in [3.8, 4) is 17.3 Å². The summed E-state index contributed by atoms with van der Waals surface area (Å²) in [6, 6.07) is 14.1. The maximum absolute atomic E-state index is 10.8. The molecule has 8 heteroatoms. The largest absolute Gasteiger partial charge is 0.443 e. The number of fused-ring (bicyclic) bond motifs is 1. The molecule has 3 heterocycles. The number of pyridine rings is 1. The average molecular weight is 352 g/mol. The fraction of sp³-hybridized carbons (Fsp3) is 0.222. The van der Waals surface area contributed by atoms with Gasteiger partial charge in [-0.25, -0.2) is 0 Å². The van der Waals surface area contributed by atoms with Gasteiger partial charge < -0.3 is 19.6 Å². The standard InChI is InChI=1S/C18H16N4O4/c23-22(24)17-10-21-9-15(12-26-18(21)20-17)25-11-13-4-6-14(7-5-13)16-3-1-2-8-19-16/h1-8,10,15H,9,11-12H2/t15-/m0/s1. The Kier molecular flexibility index (Phi) is 4.32. The minimum absolute atomic E-state index is 0.188. The summed E-state index contributed by atoms with van der Waals surface area (Å²) in [5.74, 6) is -0.217. The molecule has 2 aromatic heterocycles. The predicted octanol–water partition coefficient (Wildman–Crippen LogP) is 2.83. The quantitative estimate of drug-likeness (QED) is 0.518. The third-order valence-electron chi connectivity index (χ3n) is 4.11. The minimum atomic E-state index is -0.534. The fourth-order valence-electron chi connectivity index (χ4n) is 2.78. The molecule has 3 aromatic rings. The summed E-state index contributed by atoms with van der Waals surface area (Å²) in [6.07, 6.45) is 2.95. The molecule has 0 saturated carbocycles. The van der Waals surface area contributed by atoms with Crippen LogP contribution in [-0.4, -0.2) is 32.2 Å². The van der Waals surface area contributed by atoms with Gasteiger partial charge in [-0.2, -0.15) is 0 Å². The topological polar surface area (TPSA) is 92.3 Å². The van der Waals surface area contributed by atoms with Gasteiger partial charge in [0.05, 0.1) is 18.8 Å². The molecule has 1 aromatic carbocycles. The van der Waals surface area contributed by atoms with Gasteiger partial charge in [-0.15, -0.1) is 0 Å². The van der Waals surface area contributed by atoms with E-state index in [0.717, 1.165) is 16.8 Å². The van der Waals surface area contributed by atoms with E-state index in [1.807, 2.05) is 42.5 Å². The Morgan fingerprint density at radius 2 is 2.12 bits per heavy atom. The molecule has 0 unspecified atom stereocenters. The van der Waals surface area contributed by atoms with Crippen LogP contribution in [0.5, 0.6) is 6.01 Å². The van der Waals surface area contributed by atoms with Crippen LogP contribution in [0.3, 0.4) is 0 Å². The number of benzene rings is 1. The van der Waals surface area contributed by atoms with Gasteiger partial charge in [-0.1, -0.05) is 30.3 Å². The highest BCUT2D eigenvalue weighted by molar-refractivity contribution is 5.58. The number of imidazole rings is 1. The lowest BCUT2D eigenvalue weighted by Crippen LogP contribution is -2.32. The van der Waals surface area contributed by atoms with E-state index < -0.39 is 4.92 Å². The van der Waals surface area contributed by atoms with Gasteiger partial charge in [-0.3, -0.25) is 9.55 Å². The molecule has 132 valence electrons. The predicted molar refractivity (Wildman–Crippen MR) is 92.6 cm³/mol. The number of nitro groups is 1. The molecular formula is C18H16N4O4. The molecule has 1 atom stereocenters. The number of ether oxygens (including phenoxy) is 2. The molecule has 0 bridgehead atoms. The Balaban J connectivity index is 1.36. The average Bonchev–Trinajstić information content (AvgIpc) is 3.11. The van der Waals surface area contributed by atoms with Gasteiger partial charge in [0, 0.05) is 16.7 Å². The van der Waals surface area contributed by atoms with Crippen LogP contribution in [0.15, 0.2) is 54.9 Å². The third kappa shape index (κ3) is 3.40. The van der Waals surface area contributed by atoms with Crippen LogP contribution in [0.2, 0.25) is 0 Å². The van der Waals surface area contributed by atoms with E-state index in [0.29, 0.717) is 19.8 Å². The van der Waals surface area contributed by atoms with E-state index in [4.69, 9.17) is 9.47 Å². The lowest BCUT2D eigenvalue weighted by atomic mass is 10.1. The van der Waals surface area contributed by atoms with Crippen LogP contribution in [-0.2, 0) is 17.9 Å². The van der Waals surface area contributed by atoms with Crippen LogP contribution < -0.4 is 4.74 Å². The summed E-state index contributed by atoms with van der Waals surface area (Å²) in [7, 11) is 0. The van der Waals surface area contributed by atoms with Crippen molar-refractivity contribution < 1.29 is 14.4 Å². The monoisotopic (exact) mass is 352 g/mol. The van der Waals surface area contributed by atoms with Crippen molar-refractivity contribution in [2.24, 2.45) is 0 Å². The SMILES string of the molecule is O=[N+]([O-])c1cn2c(n1)OC[C@@H](OCc1ccc(-c3ccccn3)cc1)C2. The second-order valence-electron chi connectivity index (χ2n) is 5.95. The highest BCUT2D eigenvalue weighted by atomic mass is 16.6. The van der Waals surface area contributed by atoms with Crippen LogP contribution in [0.1, 0.15) is 5.56 Å². The molecule has 0 fully saturated rings. The maximum Gasteiger partial charge on any atom is 0.414 e. The molecule has 0 aliphatic carbocycles. The van der Waals surface area contributed by atoms with Crippen LogP contribution in [0.25, 0.3) is 11.3 Å². The van der Waals surface area contributed by atoms with Crippen molar-refractivity contribution in [3.63, 3.8) is 0 Å². The second-order valence-corrected chi connectivity index (χ2v) is 5.95. The summed E-state index contributed by atoms with van der Waals surface area (Å²) in [5, 5.41) is 10.8. The van der Waals surface area contributed by atoms with Gasteiger partial charge in [0.25, 0.3) is 0 Å². The smallest absolute Gasteiger partial charge is 0.414 e. The van der Waals surface area contributed by atoms with E-state index in [9.17, 15) is 10.1 Å². The second kappa shape index (κ2) is 6.93. The Bertz CT molecular complexity index is 909. The number of hydrogen-bond donors (Lipinski definition) is 0. The van der Waals surface area contributed by atoms with Crippen molar-refractivity contribution in [1.82, 2.24) is 14.5 Å².